The molecule has 0 aliphatic heterocycles. The van der Waals surface area contributed by atoms with E-state index >= 15 is 0 Å². The molecule has 3 rings (SSSR count). The molecule has 0 fully saturated rings. The molecule has 0 saturated heterocycles. The van der Waals surface area contributed by atoms with Crippen LogP contribution in [-0.2, 0) is 12.8 Å². The number of nitrogens with zero attached hydrogens (tertiary/aromatic N) is 2. The van der Waals surface area contributed by atoms with Gasteiger partial charge in [-0.05, 0) is 30.9 Å². The summed E-state index contributed by atoms with van der Waals surface area (Å²) in [5, 5.41) is 10.1. The van der Waals surface area contributed by atoms with E-state index in [1.165, 1.54) is 101 Å². The third-order valence-electron chi connectivity index (χ3n) is 6.77. The predicted molar refractivity (Wildman–Crippen MR) is 154 cm³/mol. The second-order valence-electron chi connectivity index (χ2n) is 10.6. The summed E-state index contributed by atoms with van der Waals surface area (Å²) in [5.41, 5.74) is 2.28. The van der Waals surface area contributed by atoms with Gasteiger partial charge in [-0.3, -0.25) is 4.98 Å². The average molecular weight is 494 g/mol. The molecule has 0 saturated carbocycles. The molecule has 0 unspecified atom stereocenters. The van der Waals surface area contributed by atoms with Gasteiger partial charge in [0.05, 0.1) is 12.1 Å². The lowest BCUT2D eigenvalue weighted by molar-refractivity contribution is 0.297. The van der Waals surface area contributed by atoms with Gasteiger partial charge in [-0.1, -0.05) is 122 Å². The van der Waals surface area contributed by atoms with E-state index in [9.17, 15) is 0 Å². The van der Waals surface area contributed by atoms with E-state index < -0.39 is 0 Å². The number of H-pyrrole nitrogens is 1. The maximum absolute atomic E-state index is 8.89. The molecule has 2 N–H and O–H groups in total. The first kappa shape index (κ1) is 30.0. The molecule has 2 aromatic heterocycles. The van der Waals surface area contributed by atoms with E-state index in [0.29, 0.717) is 6.42 Å². The highest BCUT2D eigenvalue weighted by Crippen LogP contribution is 2.15. The van der Waals surface area contributed by atoms with Gasteiger partial charge in [0.1, 0.15) is 5.82 Å². The SMILES string of the molecule is CC(C)CCCCCCCCCCCCCCCc1cnc(CCO)[nH]1.c1ccc2ncccc2c1. The Hall–Kier alpha value is -2.20. The molecule has 1 aromatic carbocycles. The third kappa shape index (κ3) is 14.4. The molecule has 0 aliphatic carbocycles. The van der Waals surface area contributed by atoms with Crippen LogP contribution in [0.5, 0.6) is 0 Å². The highest BCUT2D eigenvalue weighted by atomic mass is 16.3. The van der Waals surface area contributed by atoms with E-state index in [0.717, 1.165) is 23.7 Å². The van der Waals surface area contributed by atoms with Gasteiger partial charge >= 0.3 is 0 Å². The number of pyridine rings is 1. The smallest absolute Gasteiger partial charge is 0.108 e. The van der Waals surface area contributed by atoms with Crippen LogP contribution in [0.2, 0.25) is 0 Å². The van der Waals surface area contributed by atoms with Crippen molar-refractivity contribution in [3.8, 4) is 0 Å². The van der Waals surface area contributed by atoms with Crippen LogP contribution in [-0.4, -0.2) is 26.7 Å². The highest BCUT2D eigenvalue weighted by molar-refractivity contribution is 5.77. The molecule has 0 bridgehead atoms. The van der Waals surface area contributed by atoms with Crippen LogP contribution in [0.15, 0.2) is 48.8 Å². The number of aliphatic hydroxyl groups is 1. The number of benzene rings is 1. The van der Waals surface area contributed by atoms with Crippen LogP contribution in [0.1, 0.15) is 115 Å². The summed E-state index contributed by atoms with van der Waals surface area (Å²) in [6.45, 7) is 4.83. The molecule has 0 radical (unpaired) electrons. The average Bonchev–Trinajstić information content (AvgIpc) is 3.34. The zero-order valence-corrected chi connectivity index (χ0v) is 23.1. The van der Waals surface area contributed by atoms with Crippen molar-refractivity contribution in [3.63, 3.8) is 0 Å². The molecule has 0 atom stereocenters. The van der Waals surface area contributed by atoms with Crippen molar-refractivity contribution in [3.05, 3.63) is 60.3 Å². The Morgan fingerprint density at radius 3 is 1.89 bits per heavy atom. The minimum absolute atomic E-state index is 0.172. The Morgan fingerprint density at radius 1 is 0.694 bits per heavy atom. The van der Waals surface area contributed by atoms with Gasteiger partial charge in [-0.15, -0.1) is 0 Å². The summed E-state index contributed by atoms with van der Waals surface area (Å²) >= 11 is 0. The molecule has 4 heteroatoms. The number of aryl methyl sites for hydroxylation is 1. The van der Waals surface area contributed by atoms with Crippen LogP contribution < -0.4 is 0 Å². The van der Waals surface area contributed by atoms with Gasteiger partial charge in [0.2, 0.25) is 0 Å². The normalized spacial score (nSPS) is 11.1. The number of aromatic nitrogens is 3. The number of aromatic amines is 1. The van der Waals surface area contributed by atoms with E-state index in [2.05, 4.69) is 40.9 Å². The monoisotopic (exact) mass is 493 g/mol. The van der Waals surface area contributed by atoms with Crippen molar-refractivity contribution < 1.29 is 5.11 Å². The molecule has 3 aromatic rings. The van der Waals surface area contributed by atoms with Crippen LogP contribution >= 0.6 is 0 Å². The zero-order chi connectivity index (χ0) is 25.7. The van der Waals surface area contributed by atoms with Gasteiger partial charge in [0.15, 0.2) is 0 Å². The first-order chi connectivity index (χ1) is 17.7. The van der Waals surface area contributed by atoms with E-state index in [-0.39, 0.29) is 6.61 Å². The Balaban J connectivity index is 0.000000373. The van der Waals surface area contributed by atoms with Gasteiger partial charge in [0, 0.05) is 29.9 Å². The Morgan fingerprint density at radius 2 is 1.28 bits per heavy atom. The number of hydrogen-bond donors (Lipinski definition) is 2. The second kappa shape index (κ2) is 19.9. The lowest BCUT2D eigenvalue weighted by atomic mass is 10.0. The molecule has 0 spiro atoms. The lowest BCUT2D eigenvalue weighted by Crippen LogP contribution is -1.93. The standard InChI is InChI=1S/C23H44N2O.C9H7N/c1-21(2)16-14-12-10-8-6-4-3-5-7-9-11-13-15-17-22-20-24-23(25-22)18-19-26;1-2-6-9-8(4-1)5-3-7-10-9/h20-21,26H,3-19H2,1-2H3,(H,24,25);1-7H. The van der Waals surface area contributed by atoms with Crippen molar-refractivity contribution in [2.24, 2.45) is 5.92 Å². The molecule has 36 heavy (non-hydrogen) atoms. The Bertz CT molecular complexity index is 840. The predicted octanol–water partition coefficient (Wildman–Crippen LogP) is 8.84. The first-order valence-electron chi connectivity index (χ1n) is 14.6. The van der Waals surface area contributed by atoms with E-state index in [4.69, 9.17) is 5.11 Å². The minimum Gasteiger partial charge on any atom is -0.396 e. The first-order valence-corrected chi connectivity index (χ1v) is 14.6. The number of hydrogen-bond acceptors (Lipinski definition) is 3. The van der Waals surface area contributed by atoms with Gasteiger partial charge in [-0.2, -0.15) is 0 Å². The number of aliphatic hydroxyl groups excluding tert-OH is 1. The summed E-state index contributed by atoms with van der Waals surface area (Å²) in [7, 11) is 0. The van der Waals surface area contributed by atoms with Crippen molar-refractivity contribution in [1.29, 1.82) is 0 Å². The molecule has 0 amide bonds. The highest BCUT2D eigenvalue weighted by Gasteiger charge is 2.00. The molecule has 0 aliphatic rings. The molecular weight excluding hydrogens is 442 g/mol. The third-order valence-corrected chi connectivity index (χ3v) is 6.77. The summed E-state index contributed by atoms with van der Waals surface area (Å²) in [6.07, 6.45) is 25.2. The fourth-order valence-corrected chi connectivity index (χ4v) is 4.59. The van der Waals surface area contributed by atoms with Crippen molar-refractivity contribution in [2.45, 2.75) is 117 Å². The van der Waals surface area contributed by atoms with Crippen LogP contribution in [0.3, 0.4) is 0 Å². The lowest BCUT2D eigenvalue weighted by Gasteiger charge is -2.05. The van der Waals surface area contributed by atoms with Crippen molar-refractivity contribution in [2.75, 3.05) is 6.61 Å². The number of nitrogens with one attached hydrogen (secondary N) is 1. The van der Waals surface area contributed by atoms with E-state index in [1.807, 2.05) is 36.7 Å². The quantitative estimate of drug-likeness (QED) is 0.174. The second-order valence-corrected chi connectivity index (χ2v) is 10.6. The summed E-state index contributed by atoms with van der Waals surface area (Å²) in [4.78, 5) is 11.8. The maximum atomic E-state index is 8.89. The number of rotatable bonds is 18. The van der Waals surface area contributed by atoms with Crippen LogP contribution in [0, 0.1) is 5.92 Å². The van der Waals surface area contributed by atoms with Gasteiger partial charge in [-0.25, -0.2) is 4.98 Å². The van der Waals surface area contributed by atoms with Gasteiger partial charge in [0.25, 0.3) is 0 Å². The minimum atomic E-state index is 0.172. The van der Waals surface area contributed by atoms with Gasteiger partial charge < -0.3 is 10.1 Å². The topological polar surface area (TPSA) is 61.8 Å². The molecular formula is C32H51N3O. The van der Waals surface area contributed by atoms with E-state index in [1.54, 1.807) is 0 Å². The maximum Gasteiger partial charge on any atom is 0.108 e. The number of fused-ring (bicyclic) bond motifs is 1. The van der Waals surface area contributed by atoms with Crippen molar-refractivity contribution >= 4 is 10.9 Å². The molecule has 2 heterocycles. The largest absolute Gasteiger partial charge is 0.396 e. The number of unbranched alkanes of at least 4 members (excludes halogenated alkanes) is 12. The number of para-hydroxylation sites is 1. The van der Waals surface area contributed by atoms with Crippen molar-refractivity contribution in [1.82, 2.24) is 15.0 Å². The summed E-state index contributed by atoms with van der Waals surface area (Å²) in [6, 6.07) is 12.1. The summed E-state index contributed by atoms with van der Waals surface area (Å²) in [5.74, 6) is 1.79. The van der Waals surface area contributed by atoms with Crippen LogP contribution in [0.25, 0.3) is 10.9 Å². The summed E-state index contributed by atoms with van der Waals surface area (Å²) < 4.78 is 0. The Labute approximate surface area is 220 Å². The molecule has 200 valence electrons. The van der Waals surface area contributed by atoms with Crippen LogP contribution in [0.4, 0.5) is 0 Å². The Kier molecular flexibility index (Phi) is 16.6. The fraction of sp³-hybridized carbons (Fsp3) is 0.625. The molecule has 4 nitrogen and oxygen atoms in total. The zero-order valence-electron chi connectivity index (χ0n) is 23.1. The number of imidazole rings is 1. The fourth-order valence-electron chi connectivity index (χ4n) is 4.59.